The maximum absolute atomic E-state index is 12.2. The van der Waals surface area contributed by atoms with Gasteiger partial charge in [0, 0.05) is 19.7 Å². The highest BCUT2D eigenvalue weighted by Crippen LogP contribution is 2.15. The van der Waals surface area contributed by atoms with Crippen LogP contribution in [0.25, 0.3) is 11.0 Å². The molecule has 132 valence electrons. The number of aromatic amines is 2. The fraction of sp³-hybridized carbons (Fsp3) is 0.353. The fourth-order valence-electron chi connectivity index (χ4n) is 2.48. The first kappa shape index (κ1) is 16.8. The molecule has 1 aromatic carbocycles. The van der Waals surface area contributed by atoms with Crippen molar-refractivity contribution in [3.05, 3.63) is 51.8 Å². The predicted molar refractivity (Wildman–Crippen MR) is 93.2 cm³/mol. The van der Waals surface area contributed by atoms with Gasteiger partial charge in [-0.3, -0.25) is 0 Å². The standard InChI is InChI=1S/C17H21N5O3/c1-10(2)14-7-12(25-21-14)9-22(3)17(24)18-8-11-4-5-13-15(6-11)20-16(23)19-13/h4-7,10H,8-9H2,1-3H3,(H,18,24)(H2,19,20,23). The number of H-pyrrole nitrogens is 2. The first-order valence-electron chi connectivity index (χ1n) is 8.08. The van der Waals surface area contributed by atoms with Gasteiger partial charge in [-0.15, -0.1) is 0 Å². The second kappa shape index (κ2) is 6.84. The molecule has 0 aliphatic heterocycles. The van der Waals surface area contributed by atoms with E-state index >= 15 is 0 Å². The number of benzene rings is 1. The summed E-state index contributed by atoms with van der Waals surface area (Å²) < 4.78 is 5.25. The van der Waals surface area contributed by atoms with Crippen LogP contribution >= 0.6 is 0 Å². The van der Waals surface area contributed by atoms with Gasteiger partial charge in [0.1, 0.15) is 0 Å². The van der Waals surface area contributed by atoms with Crippen molar-refractivity contribution in [3.8, 4) is 0 Å². The molecule has 2 heterocycles. The number of carbonyl (C=O) groups excluding carboxylic acids is 1. The highest BCUT2D eigenvalue weighted by Gasteiger charge is 2.13. The molecule has 3 rings (SSSR count). The summed E-state index contributed by atoms with van der Waals surface area (Å²) in [6.45, 7) is 4.77. The maximum atomic E-state index is 12.2. The lowest BCUT2D eigenvalue weighted by molar-refractivity contribution is 0.200. The Morgan fingerprint density at radius 1 is 1.28 bits per heavy atom. The van der Waals surface area contributed by atoms with Crippen molar-refractivity contribution in [2.24, 2.45) is 0 Å². The van der Waals surface area contributed by atoms with E-state index in [1.54, 1.807) is 13.1 Å². The van der Waals surface area contributed by atoms with Gasteiger partial charge in [-0.05, 0) is 23.6 Å². The lowest BCUT2D eigenvalue weighted by atomic mass is 10.1. The van der Waals surface area contributed by atoms with Crippen LogP contribution in [0.2, 0.25) is 0 Å². The molecule has 0 fully saturated rings. The van der Waals surface area contributed by atoms with E-state index in [-0.39, 0.29) is 17.6 Å². The van der Waals surface area contributed by atoms with E-state index in [0.717, 1.165) is 16.8 Å². The molecule has 8 heteroatoms. The lowest BCUT2D eigenvalue weighted by Crippen LogP contribution is -2.36. The molecule has 0 saturated carbocycles. The van der Waals surface area contributed by atoms with Crippen LogP contribution in [0.1, 0.15) is 36.8 Å². The molecule has 0 aliphatic rings. The zero-order valence-electron chi connectivity index (χ0n) is 14.4. The minimum atomic E-state index is -0.247. The lowest BCUT2D eigenvalue weighted by Gasteiger charge is -2.16. The molecule has 0 atom stereocenters. The number of hydrogen-bond donors (Lipinski definition) is 3. The summed E-state index contributed by atoms with van der Waals surface area (Å²) in [4.78, 5) is 30.4. The number of aromatic nitrogens is 3. The topological polar surface area (TPSA) is 107 Å². The van der Waals surface area contributed by atoms with Crippen LogP contribution in [0.3, 0.4) is 0 Å². The number of urea groups is 1. The van der Waals surface area contributed by atoms with Crippen molar-refractivity contribution in [1.82, 2.24) is 25.3 Å². The van der Waals surface area contributed by atoms with Crippen LogP contribution < -0.4 is 11.0 Å². The summed E-state index contributed by atoms with van der Waals surface area (Å²) in [5.41, 5.74) is 2.98. The molecule has 2 amide bonds. The summed E-state index contributed by atoms with van der Waals surface area (Å²) in [7, 11) is 1.69. The Hall–Kier alpha value is -3.03. The van der Waals surface area contributed by atoms with Gasteiger partial charge in [0.2, 0.25) is 0 Å². The Balaban J connectivity index is 1.57. The molecule has 0 bridgehead atoms. The largest absolute Gasteiger partial charge is 0.359 e. The summed E-state index contributed by atoms with van der Waals surface area (Å²) in [6.07, 6.45) is 0. The van der Waals surface area contributed by atoms with Crippen molar-refractivity contribution in [3.63, 3.8) is 0 Å². The zero-order valence-corrected chi connectivity index (χ0v) is 14.4. The Morgan fingerprint density at radius 2 is 2.04 bits per heavy atom. The smallest absolute Gasteiger partial charge is 0.323 e. The van der Waals surface area contributed by atoms with E-state index in [1.807, 2.05) is 32.0 Å². The minimum absolute atomic E-state index is 0.217. The molecule has 8 nitrogen and oxygen atoms in total. The van der Waals surface area contributed by atoms with Crippen LogP contribution in [-0.2, 0) is 13.1 Å². The number of amides is 2. The van der Waals surface area contributed by atoms with Gasteiger partial charge in [-0.2, -0.15) is 0 Å². The zero-order chi connectivity index (χ0) is 18.0. The Kier molecular flexibility index (Phi) is 4.60. The fourth-order valence-corrected chi connectivity index (χ4v) is 2.48. The molecular weight excluding hydrogens is 322 g/mol. The van der Waals surface area contributed by atoms with Gasteiger partial charge in [0.05, 0.1) is 23.3 Å². The summed E-state index contributed by atoms with van der Waals surface area (Å²) >= 11 is 0. The molecule has 0 unspecified atom stereocenters. The summed E-state index contributed by atoms with van der Waals surface area (Å²) in [5.74, 6) is 0.930. The second-order valence-electron chi connectivity index (χ2n) is 6.35. The average molecular weight is 343 g/mol. The van der Waals surface area contributed by atoms with E-state index in [1.165, 1.54) is 4.90 Å². The molecule has 0 radical (unpaired) electrons. The van der Waals surface area contributed by atoms with E-state index in [4.69, 9.17) is 4.52 Å². The van der Waals surface area contributed by atoms with E-state index in [2.05, 4.69) is 20.4 Å². The molecule has 2 aromatic heterocycles. The third-order valence-corrected chi connectivity index (χ3v) is 3.93. The van der Waals surface area contributed by atoms with Gasteiger partial charge in [0.15, 0.2) is 5.76 Å². The number of rotatable bonds is 5. The van der Waals surface area contributed by atoms with Crippen LogP contribution in [0.15, 0.2) is 33.6 Å². The monoisotopic (exact) mass is 343 g/mol. The van der Waals surface area contributed by atoms with Gasteiger partial charge < -0.3 is 24.7 Å². The Labute approximate surface area is 144 Å². The van der Waals surface area contributed by atoms with Crippen LogP contribution in [-0.4, -0.2) is 33.1 Å². The molecule has 0 aliphatic carbocycles. The van der Waals surface area contributed by atoms with Crippen LogP contribution in [0.5, 0.6) is 0 Å². The van der Waals surface area contributed by atoms with Crippen molar-refractivity contribution < 1.29 is 9.32 Å². The van der Waals surface area contributed by atoms with Gasteiger partial charge >= 0.3 is 11.7 Å². The molecule has 25 heavy (non-hydrogen) atoms. The normalized spacial score (nSPS) is 11.2. The number of carbonyl (C=O) groups is 1. The van der Waals surface area contributed by atoms with Crippen molar-refractivity contribution in [2.45, 2.75) is 32.9 Å². The van der Waals surface area contributed by atoms with E-state index < -0.39 is 0 Å². The highest BCUT2D eigenvalue weighted by molar-refractivity contribution is 5.76. The quantitative estimate of drug-likeness (QED) is 0.661. The highest BCUT2D eigenvalue weighted by atomic mass is 16.5. The third-order valence-electron chi connectivity index (χ3n) is 3.93. The molecular formula is C17H21N5O3. The first-order valence-corrected chi connectivity index (χ1v) is 8.08. The molecule has 0 spiro atoms. The van der Waals surface area contributed by atoms with Crippen LogP contribution in [0, 0.1) is 0 Å². The molecule has 0 saturated heterocycles. The SMILES string of the molecule is CC(C)c1cc(CN(C)C(=O)NCc2ccc3[nH]c(=O)[nH]c3c2)on1. The molecule has 3 N–H and O–H groups in total. The first-order chi connectivity index (χ1) is 11.9. The predicted octanol–water partition coefficient (Wildman–Crippen LogP) is 2.31. The Bertz CT molecular complexity index is 937. The molecule has 3 aromatic rings. The number of imidazole rings is 1. The number of nitrogens with zero attached hydrogens (tertiary/aromatic N) is 2. The van der Waals surface area contributed by atoms with Crippen LogP contribution in [0.4, 0.5) is 4.79 Å². The Morgan fingerprint density at radius 3 is 2.76 bits per heavy atom. The minimum Gasteiger partial charge on any atom is -0.359 e. The van der Waals surface area contributed by atoms with Crippen molar-refractivity contribution in [1.29, 1.82) is 0 Å². The number of fused-ring (bicyclic) bond motifs is 1. The van der Waals surface area contributed by atoms with E-state index in [9.17, 15) is 9.59 Å². The number of hydrogen-bond acceptors (Lipinski definition) is 4. The third kappa shape index (κ3) is 3.90. The second-order valence-corrected chi connectivity index (χ2v) is 6.35. The summed E-state index contributed by atoms with van der Waals surface area (Å²) in [5, 5.41) is 6.83. The van der Waals surface area contributed by atoms with Gasteiger partial charge in [0.25, 0.3) is 0 Å². The van der Waals surface area contributed by atoms with Gasteiger partial charge in [-0.25, -0.2) is 9.59 Å². The van der Waals surface area contributed by atoms with Crippen molar-refractivity contribution >= 4 is 17.1 Å². The van der Waals surface area contributed by atoms with E-state index in [0.29, 0.717) is 24.4 Å². The average Bonchev–Trinajstić information content (AvgIpc) is 3.17. The maximum Gasteiger partial charge on any atom is 0.323 e. The number of nitrogens with one attached hydrogen (secondary N) is 3. The van der Waals surface area contributed by atoms with Crippen molar-refractivity contribution in [2.75, 3.05) is 7.05 Å². The van der Waals surface area contributed by atoms with Gasteiger partial charge in [-0.1, -0.05) is 25.1 Å². The summed E-state index contributed by atoms with van der Waals surface area (Å²) in [6, 6.07) is 7.15.